The summed E-state index contributed by atoms with van der Waals surface area (Å²) >= 11 is 0. The van der Waals surface area contributed by atoms with E-state index in [2.05, 4.69) is 5.32 Å². The first-order valence-corrected chi connectivity index (χ1v) is 15.2. The largest absolute Gasteiger partial charge is 0.489 e. The highest BCUT2D eigenvalue weighted by molar-refractivity contribution is 7.92. The fraction of sp³-hybridized carbons (Fsp3) is 0.355. The van der Waals surface area contributed by atoms with Crippen molar-refractivity contribution in [2.45, 2.75) is 59.4 Å². The van der Waals surface area contributed by atoms with Crippen molar-refractivity contribution in [3.05, 3.63) is 95.6 Å². The van der Waals surface area contributed by atoms with Crippen molar-refractivity contribution in [3.63, 3.8) is 0 Å². The number of nitrogens with one attached hydrogen (secondary N) is 1. The lowest BCUT2D eigenvalue weighted by Gasteiger charge is -2.33. The summed E-state index contributed by atoms with van der Waals surface area (Å²) in [4.78, 5) is 28.4. The number of carbonyl (C=O) groups excluding carboxylic acids is 2. The maximum absolute atomic E-state index is 13.8. The second kappa shape index (κ2) is 14.0. The van der Waals surface area contributed by atoms with Crippen LogP contribution in [-0.2, 0) is 32.8 Å². The van der Waals surface area contributed by atoms with Crippen LogP contribution in [0.5, 0.6) is 5.75 Å². The SMILES string of the molecule is CC[C@@H](C(=O)NC(C)C)N(Cc1ccccc1C)C(=O)CN(c1ccc(OCc2ccccc2)cc1)S(C)(=O)=O. The molecule has 0 aliphatic heterocycles. The minimum absolute atomic E-state index is 0.105. The van der Waals surface area contributed by atoms with Crippen LogP contribution in [0.1, 0.15) is 43.9 Å². The molecule has 3 aromatic rings. The minimum atomic E-state index is -3.82. The summed E-state index contributed by atoms with van der Waals surface area (Å²) in [7, 11) is -3.82. The maximum Gasteiger partial charge on any atom is 0.244 e. The number of anilines is 1. The highest BCUT2D eigenvalue weighted by Crippen LogP contribution is 2.24. The zero-order chi connectivity index (χ0) is 29.3. The van der Waals surface area contributed by atoms with E-state index in [9.17, 15) is 18.0 Å². The molecule has 0 fully saturated rings. The van der Waals surface area contributed by atoms with Gasteiger partial charge in [-0.1, -0.05) is 61.5 Å². The molecule has 3 rings (SSSR count). The number of benzene rings is 3. The molecule has 40 heavy (non-hydrogen) atoms. The molecular formula is C31H39N3O5S. The van der Waals surface area contributed by atoms with Crippen LogP contribution < -0.4 is 14.4 Å². The topological polar surface area (TPSA) is 96.0 Å². The lowest BCUT2D eigenvalue weighted by molar-refractivity contribution is -0.140. The number of aryl methyl sites for hydroxylation is 1. The summed E-state index contributed by atoms with van der Waals surface area (Å²) in [6.07, 6.45) is 1.44. The standard InChI is InChI=1S/C31H39N3O5S/c1-6-29(31(36)32-23(2)3)33(20-26-15-11-10-12-24(26)4)30(35)21-34(40(5,37)38)27-16-18-28(19-17-27)39-22-25-13-8-7-9-14-25/h7-19,23,29H,6,20-22H2,1-5H3,(H,32,36)/t29-/m0/s1. The van der Waals surface area contributed by atoms with E-state index < -0.39 is 28.5 Å². The smallest absolute Gasteiger partial charge is 0.244 e. The summed E-state index contributed by atoms with van der Waals surface area (Å²) < 4.78 is 32.6. The molecular weight excluding hydrogens is 526 g/mol. The second-order valence-corrected chi connectivity index (χ2v) is 12.0. The predicted molar refractivity (Wildman–Crippen MR) is 158 cm³/mol. The van der Waals surface area contributed by atoms with E-state index in [0.29, 0.717) is 24.5 Å². The molecule has 0 aliphatic carbocycles. The Hall–Kier alpha value is -3.85. The molecule has 1 N–H and O–H groups in total. The quantitative estimate of drug-likeness (QED) is 0.325. The van der Waals surface area contributed by atoms with Crippen LogP contribution in [0.2, 0.25) is 0 Å². The molecule has 0 spiro atoms. The molecule has 1 atom stereocenters. The maximum atomic E-state index is 13.8. The van der Waals surface area contributed by atoms with Crippen LogP contribution in [0.25, 0.3) is 0 Å². The van der Waals surface area contributed by atoms with Crippen molar-refractivity contribution < 1.29 is 22.7 Å². The molecule has 0 radical (unpaired) electrons. The number of nitrogens with zero attached hydrogens (tertiary/aromatic N) is 2. The monoisotopic (exact) mass is 565 g/mol. The Kier molecular flexibility index (Phi) is 10.7. The first-order chi connectivity index (χ1) is 19.0. The normalized spacial score (nSPS) is 12.1. The Morgan fingerprint density at radius 3 is 2.12 bits per heavy atom. The van der Waals surface area contributed by atoms with Gasteiger partial charge in [0.25, 0.3) is 0 Å². The first kappa shape index (κ1) is 30.7. The van der Waals surface area contributed by atoms with E-state index in [-0.39, 0.29) is 18.5 Å². The highest BCUT2D eigenvalue weighted by Gasteiger charge is 2.32. The van der Waals surface area contributed by atoms with Gasteiger partial charge in [-0.05, 0) is 68.1 Å². The van der Waals surface area contributed by atoms with Gasteiger partial charge in [-0.15, -0.1) is 0 Å². The van der Waals surface area contributed by atoms with Gasteiger partial charge in [-0.2, -0.15) is 0 Å². The van der Waals surface area contributed by atoms with Gasteiger partial charge in [0.15, 0.2) is 0 Å². The van der Waals surface area contributed by atoms with Gasteiger partial charge >= 0.3 is 0 Å². The predicted octanol–water partition coefficient (Wildman–Crippen LogP) is 4.67. The molecule has 0 aromatic heterocycles. The van der Waals surface area contributed by atoms with Gasteiger partial charge in [0.2, 0.25) is 21.8 Å². The van der Waals surface area contributed by atoms with Crippen molar-refractivity contribution in [1.82, 2.24) is 10.2 Å². The molecule has 0 aliphatic rings. The molecule has 0 heterocycles. The van der Waals surface area contributed by atoms with Crippen LogP contribution in [-0.4, -0.2) is 50.0 Å². The van der Waals surface area contributed by atoms with Crippen LogP contribution >= 0.6 is 0 Å². The molecule has 9 heteroatoms. The van der Waals surface area contributed by atoms with Crippen LogP contribution in [0, 0.1) is 6.92 Å². The molecule has 0 unspecified atom stereocenters. The van der Waals surface area contributed by atoms with Crippen molar-refractivity contribution in [2.24, 2.45) is 0 Å². The minimum Gasteiger partial charge on any atom is -0.489 e. The third-order valence-electron chi connectivity index (χ3n) is 6.47. The number of hydrogen-bond donors (Lipinski definition) is 1. The summed E-state index contributed by atoms with van der Waals surface area (Å²) in [6, 6.07) is 23.1. The number of carbonyl (C=O) groups is 2. The second-order valence-electron chi connectivity index (χ2n) is 10.1. The number of amides is 2. The Morgan fingerprint density at radius 2 is 1.55 bits per heavy atom. The summed E-state index contributed by atoms with van der Waals surface area (Å²) in [5, 5.41) is 2.90. The van der Waals surface area contributed by atoms with E-state index in [4.69, 9.17) is 4.74 Å². The summed E-state index contributed by atoms with van der Waals surface area (Å²) in [5.74, 6) is -0.168. The van der Waals surface area contributed by atoms with Crippen LogP contribution in [0.15, 0.2) is 78.9 Å². The van der Waals surface area contributed by atoms with Crippen molar-refractivity contribution in [3.8, 4) is 5.75 Å². The van der Waals surface area contributed by atoms with Crippen molar-refractivity contribution >= 4 is 27.5 Å². The Labute approximate surface area is 238 Å². The lowest BCUT2D eigenvalue weighted by atomic mass is 10.1. The van der Waals surface area contributed by atoms with Gasteiger partial charge in [0.05, 0.1) is 11.9 Å². The molecule has 8 nitrogen and oxygen atoms in total. The van der Waals surface area contributed by atoms with Crippen LogP contribution in [0.3, 0.4) is 0 Å². The first-order valence-electron chi connectivity index (χ1n) is 13.4. The van der Waals surface area contributed by atoms with Crippen molar-refractivity contribution in [2.75, 3.05) is 17.1 Å². The fourth-order valence-corrected chi connectivity index (χ4v) is 5.18. The third-order valence-corrected chi connectivity index (χ3v) is 7.61. The van der Waals surface area contributed by atoms with Crippen LogP contribution in [0.4, 0.5) is 5.69 Å². The Balaban J connectivity index is 1.86. The zero-order valence-corrected chi connectivity index (χ0v) is 24.6. The lowest BCUT2D eigenvalue weighted by Crippen LogP contribution is -2.53. The molecule has 0 bridgehead atoms. The zero-order valence-electron chi connectivity index (χ0n) is 23.8. The summed E-state index contributed by atoms with van der Waals surface area (Å²) in [6.45, 7) is 7.61. The average molecular weight is 566 g/mol. The van der Waals surface area contributed by atoms with Gasteiger partial charge in [0.1, 0.15) is 24.9 Å². The van der Waals surface area contributed by atoms with Crippen molar-refractivity contribution in [1.29, 1.82) is 0 Å². The van der Waals surface area contributed by atoms with Gasteiger partial charge in [-0.25, -0.2) is 8.42 Å². The van der Waals surface area contributed by atoms with Gasteiger partial charge in [0, 0.05) is 12.6 Å². The average Bonchev–Trinajstić information content (AvgIpc) is 2.91. The fourth-order valence-electron chi connectivity index (χ4n) is 4.33. The Morgan fingerprint density at radius 1 is 0.925 bits per heavy atom. The van der Waals surface area contributed by atoms with E-state index in [1.165, 1.54) is 4.90 Å². The third kappa shape index (κ3) is 8.58. The molecule has 3 aromatic carbocycles. The van der Waals surface area contributed by atoms with Gasteiger partial charge in [-0.3, -0.25) is 13.9 Å². The van der Waals surface area contributed by atoms with Gasteiger partial charge < -0.3 is 15.0 Å². The van der Waals surface area contributed by atoms with E-state index in [0.717, 1.165) is 27.3 Å². The molecule has 0 saturated heterocycles. The molecule has 214 valence electrons. The molecule has 0 saturated carbocycles. The van der Waals surface area contributed by atoms with E-state index >= 15 is 0 Å². The summed E-state index contributed by atoms with van der Waals surface area (Å²) in [5.41, 5.74) is 3.21. The number of rotatable bonds is 13. The number of sulfonamides is 1. The molecule has 2 amide bonds. The Bertz CT molecular complexity index is 1380. The number of hydrogen-bond acceptors (Lipinski definition) is 5. The van der Waals surface area contributed by atoms with E-state index in [1.54, 1.807) is 24.3 Å². The number of ether oxygens (including phenoxy) is 1. The van der Waals surface area contributed by atoms with E-state index in [1.807, 2.05) is 82.3 Å². The highest BCUT2D eigenvalue weighted by atomic mass is 32.2.